The molecule has 0 aromatic heterocycles. The molecule has 4 fully saturated rings. The molecule has 10 atom stereocenters. The van der Waals surface area contributed by atoms with Crippen LogP contribution in [0.5, 0.6) is 0 Å². The second kappa shape index (κ2) is 7.31. The Balaban J connectivity index is 1.79. The van der Waals surface area contributed by atoms with Crippen LogP contribution in [0.1, 0.15) is 73.1 Å². The molecule has 6 heteroatoms. The zero-order valence-corrected chi connectivity index (χ0v) is 19.4. The molecule has 0 saturated heterocycles. The summed E-state index contributed by atoms with van der Waals surface area (Å²) >= 11 is 0. The first-order chi connectivity index (χ1) is 14.3. The van der Waals surface area contributed by atoms with Crippen molar-refractivity contribution >= 4 is 11.9 Å². The molecule has 4 rings (SSSR count). The van der Waals surface area contributed by atoms with Gasteiger partial charge < -0.3 is 20.1 Å². The Bertz CT molecular complexity index is 806. The number of esters is 1. The maximum Gasteiger partial charge on any atom is 0.328 e. The number of carbonyl (C=O) groups excluding carboxylic acids is 1. The van der Waals surface area contributed by atoms with E-state index in [1.165, 1.54) is 13.0 Å². The zero-order valence-electron chi connectivity index (χ0n) is 19.4. The molecule has 0 amide bonds. The summed E-state index contributed by atoms with van der Waals surface area (Å²) in [6.07, 6.45) is 4.49. The summed E-state index contributed by atoms with van der Waals surface area (Å²) in [6, 6.07) is 0. The van der Waals surface area contributed by atoms with Crippen molar-refractivity contribution in [1.29, 1.82) is 0 Å². The number of hydrogen-bond acceptors (Lipinski definition) is 5. The van der Waals surface area contributed by atoms with E-state index in [1.807, 2.05) is 0 Å². The number of carbonyl (C=O) groups is 2. The number of rotatable bonds is 2. The molecule has 0 heterocycles. The molecular formula is C25H38O6. The average molecular weight is 435 g/mol. The van der Waals surface area contributed by atoms with Gasteiger partial charge in [0.05, 0.1) is 12.2 Å². The van der Waals surface area contributed by atoms with E-state index in [0.29, 0.717) is 24.3 Å². The Morgan fingerprint density at radius 3 is 2.35 bits per heavy atom. The van der Waals surface area contributed by atoms with Crippen LogP contribution in [0.25, 0.3) is 0 Å². The minimum absolute atomic E-state index is 0.0668. The van der Waals surface area contributed by atoms with E-state index in [0.717, 1.165) is 25.7 Å². The molecule has 174 valence electrons. The van der Waals surface area contributed by atoms with Crippen LogP contribution in [0.15, 0.2) is 11.6 Å². The monoisotopic (exact) mass is 434 g/mol. The third kappa shape index (κ3) is 3.12. The van der Waals surface area contributed by atoms with Crippen molar-refractivity contribution < 1.29 is 29.6 Å². The normalized spacial score (nSPS) is 52.7. The predicted octanol–water partition coefficient (Wildman–Crippen LogP) is 3.55. The SMILES string of the molecule is CC(=O)O[C@H]1C[C@@]2(C)[C@@H](C[C@@H](O)[C@H]3[C@@]4(C)CC[C@@H](O)[C@@H](C)[C@@H]4CC[C@@]32C)/C1=C/C(=O)O. The number of aliphatic hydroxyl groups is 2. The number of hydrogen-bond donors (Lipinski definition) is 3. The van der Waals surface area contributed by atoms with E-state index in [4.69, 9.17) is 4.74 Å². The van der Waals surface area contributed by atoms with Gasteiger partial charge in [0.2, 0.25) is 0 Å². The van der Waals surface area contributed by atoms with E-state index in [1.54, 1.807) is 0 Å². The first-order valence-corrected chi connectivity index (χ1v) is 11.8. The molecule has 4 aliphatic carbocycles. The highest BCUT2D eigenvalue weighted by atomic mass is 16.5. The van der Waals surface area contributed by atoms with Crippen LogP contribution in [0.4, 0.5) is 0 Å². The van der Waals surface area contributed by atoms with Crippen LogP contribution in [-0.2, 0) is 14.3 Å². The van der Waals surface area contributed by atoms with Crippen LogP contribution < -0.4 is 0 Å². The Labute approximate surface area is 185 Å². The van der Waals surface area contributed by atoms with Crippen LogP contribution >= 0.6 is 0 Å². The highest BCUT2D eigenvalue weighted by molar-refractivity contribution is 5.81. The van der Waals surface area contributed by atoms with Gasteiger partial charge in [-0.05, 0) is 84.0 Å². The molecule has 31 heavy (non-hydrogen) atoms. The zero-order chi connectivity index (χ0) is 22.9. The molecule has 0 unspecified atom stereocenters. The summed E-state index contributed by atoms with van der Waals surface area (Å²) in [7, 11) is 0. The Morgan fingerprint density at radius 2 is 1.74 bits per heavy atom. The smallest absolute Gasteiger partial charge is 0.328 e. The van der Waals surface area contributed by atoms with Gasteiger partial charge in [-0.3, -0.25) is 4.79 Å². The van der Waals surface area contributed by atoms with E-state index in [9.17, 15) is 24.9 Å². The Hall–Kier alpha value is -1.40. The average Bonchev–Trinajstić information content (AvgIpc) is 2.90. The van der Waals surface area contributed by atoms with Gasteiger partial charge in [-0.2, -0.15) is 0 Å². The largest absolute Gasteiger partial charge is 0.478 e. The highest BCUT2D eigenvalue weighted by Gasteiger charge is 2.70. The van der Waals surface area contributed by atoms with E-state index >= 15 is 0 Å². The lowest BCUT2D eigenvalue weighted by atomic mass is 9.36. The van der Waals surface area contributed by atoms with Gasteiger partial charge in [-0.1, -0.05) is 27.7 Å². The van der Waals surface area contributed by atoms with Gasteiger partial charge in [0, 0.05) is 13.0 Å². The molecule has 0 aromatic rings. The number of aliphatic hydroxyl groups excluding tert-OH is 2. The molecule has 4 aliphatic rings. The standard InChI is InChI=1S/C25H38O6/c1-13-16-6-9-24(4)22(23(16,3)8-7-18(13)27)19(28)11-17-15(10-21(29)30)20(31-14(2)26)12-25(17,24)5/h10,13,16-20,22,27-28H,6-9,11-12H2,1-5H3,(H,29,30)/b15-10-/t13-,16-,17-,18+,19+,20-,22-,23-,24-,25-/m0/s1. The van der Waals surface area contributed by atoms with E-state index in [-0.39, 0.29) is 40.1 Å². The van der Waals surface area contributed by atoms with E-state index in [2.05, 4.69) is 27.7 Å². The maximum absolute atomic E-state index is 11.8. The second-order valence-electron chi connectivity index (χ2n) is 11.6. The molecule has 0 spiro atoms. The quantitative estimate of drug-likeness (QED) is 0.454. The first-order valence-electron chi connectivity index (χ1n) is 11.8. The van der Waals surface area contributed by atoms with E-state index < -0.39 is 24.1 Å². The van der Waals surface area contributed by atoms with Gasteiger partial charge >= 0.3 is 11.9 Å². The third-order valence-corrected chi connectivity index (χ3v) is 10.4. The molecule has 3 N–H and O–H groups in total. The van der Waals surface area contributed by atoms with Gasteiger partial charge in [-0.15, -0.1) is 0 Å². The lowest BCUT2D eigenvalue weighted by molar-refractivity contribution is -0.234. The summed E-state index contributed by atoms with van der Waals surface area (Å²) in [4.78, 5) is 23.4. The predicted molar refractivity (Wildman–Crippen MR) is 115 cm³/mol. The Morgan fingerprint density at radius 1 is 1.06 bits per heavy atom. The van der Waals surface area contributed by atoms with Gasteiger partial charge in [-0.25, -0.2) is 4.79 Å². The van der Waals surface area contributed by atoms with Crippen LogP contribution in [0.2, 0.25) is 0 Å². The lowest BCUT2D eigenvalue weighted by Gasteiger charge is -2.68. The lowest BCUT2D eigenvalue weighted by Crippen LogP contribution is -2.65. The van der Waals surface area contributed by atoms with Crippen molar-refractivity contribution in [3.8, 4) is 0 Å². The molecule has 6 nitrogen and oxygen atoms in total. The first kappa shape index (κ1) is 22.8. The minimum atomic E-state index is -1.04. The summed E-state index contributed by atoms with van der Waals surface area (Å²) < 4.78 is 5.62. The molecule has 0 aromatic carbocycles. The topological polar surface area (TPSA) is 104 Å². The van der Waals surface area contributed by atoms with Gasteiger partial charge in [0.15, 0.2) is 0 Å². The van der Waals surface area contributed by atoms with Crippen molar-refractivity contribution in [3.05, 3.63) is 11.6 Å². The Kier molecular flexibility index (Phi) is 5.37. The summed E-state index contributed by atoms with van der Waals surface area (Å²) in [5.74, 6) is -0.932. The van der Waals surface area contributed by atoms with Gasteiger partial charge in [0.1, 0.15) is 6.10 Å². The van der Waals surface area contributed by atoms with Crippen molar-refractivity contribution in [2.45, 2.75) is 91.5 Å². The molecule has 4 saturated carbocycles. The fourth-order valence-corrected chi connectivity index (χ4v) is 8.89. The van der Waals surface area contributed by atoms with Crippen molar-refractivity contribution in [1.82, 2.24) is 0 Å². The number of aliphatic carboxylic acids is 1. The second-order valence-corrected chi connectivity index (χ2v) is 11.6. The minimum Gasteiger partial charge on any atom is -0.478 e. The summed E-state index contributed by atoms with van der Waals surface area (Å²) in [6.45, 7) is 10.3. The van der Waals surface area contributed by atoms with Crippen LogP contribution in [-0.4, -0.2) is 45.6 Å². The van der Waals surface area contributed by atoms with Crippen molar-refractivity contribution in [2.24, 2.45) is 39.9 Å². The van der Waals surface area contributed by atoms with Gasteiger partial charge in [0.25, 0.3) is 0 Å². The number of carboxylic acids is 1. The molecule has 0 bridgehead atoms. The molecule has 0 aliphatic heterocycles. The fourth-order valence-electron chi connectivity index (χ4n) is 8.89. The fraction of sp³-hybridized carbons (Fsp3) is 0.840. The van der Waals surface area contributed by atoms with Crippen LogP contribution in [0.3, 0.4) is 0 Å². The maximum atomic E-state index is 11.8. The van der Waals surface area contributed by atoms with Crippen molar-refractivity contribution in [3.63, 3.8) is 0 Å². The number of ether oxygens (including phenoxy) is 1. The highest BCUT2D eigenvalue weighted by Crippen LogP contribution is 2.74. The summed E-state index contributed by atoms with van der Waals surface area (Å²) in [5.41, 5.74) is 0.0826. The summed E-state index contributed by atoms with van der Waals surface area (Å²) in [5, 5.41) is 31.6. The third-order valence-electron chi connectivity index (χ3n) is 10.4. The van der Waals surface area contributed by atoms with Crippen LogP contribution in [0, 0.1) is 39.9 Å². The number of carboxylic acid groups (broad SMARTS) is 1. The molecule has 0 radical (unpaired) electrons. The molecular weight excluding hydrogens is 396 g/mol. The number of fused-ring (bicyclic) bond motifs is 5. The van der Waals surface area contributed by atoms with Crippen molar-refractivity contribution in [2.75, 3.05) is 0 Å².